The number of rotatable bonds is 8. The van der Waals surface area contributed by atoms with Crippen LogP contribution in [-0.2, 0) is 19.1 Å². The van der Waals surface area contributed by atoms with Gasteiger partial charge in [0.1, 0.15) is 12.1 Å². The number of imide groups is 1. The molecule has 11 heteroatoms. The van der Waals surface area contributed by atoms with E-state index in [2.05, 4.69) is 15.9 Å². The first-order chi connectivity index (χ1) is 14.4. The van der Waals surface area contributed by atoms with E-state index < -0.39 is 41.8 Å². The van der Waals surface area contributed by atoms with Crippen LogP contribution in [0, 0.1) is 0 Å². The van der Waals surface area contributed by atoms with Gasteiger partial charge in [0, 0.05) is 4.47 Å². The molecule has 31 heavy (non-hydrogen) atoms. The van der Waals surface area contributed by atoms with Crippen molar-refractivity contribution in [2.45, 2.75) is 33.3 Å². The van der Waals surface area contributed by atoms with E-state index in [1.54, 1.807) is 33.8 Å². The molecule has 0 spiro atoms. The fourth-order valence-electron chi connectivity index (χ4n) is 2.46. The number of nitrogens with zero attached hydrogens (tertiary/aromatic N) is 1. The van der Waals surface area contributed by atoms with Crippen molar-refractivity contribution in [3.8, 4) is 11.5 Å². The number of aliphatic carboxylic acids is 1. The highest BCUT2D eigenvalue weighted by Crippen LogP contribution is 2.38. The molecular weight excluding hydrogens is 494 g/mol. The smallest absolute Gasteiger partial charge is 0.341 e. The number of benzene rings is 1. The van der Waals surface area contributed by atoms with Crippen LogP contribution in [0.3, 0.4) is 0 Å². The summed E-state index contributed by atoms with van der Waals surface area (Å²) in [6.07, 6.45) is 1.48. The van der Waals surface area contributed by atoms with Gasteiger partial charge in [0.25, 0.3) is 11.1 Å². The third-order valence-corrected chi connectivity index (χ3v) is 5.18. The molecule has 0 aromatic heterocycles. The Labute approximate surface area is 191 Å². The van der Waals surface area contributed by atoms with Crippen molar-refractivity contribution in [1.82, 2.24) is 4.90 Å². The number of carbonyl (C=O) groups is 4. The van der Waals surface area contributed by atoms with E-state index in [1.165, 1.54) is 12.1 Å². The Balaban J connectivity index is 2.27. The number of carboxylic acids is 1. The minimum Gasteiger partial charge on any atom is -0.490 e. The molecule has 1 saturated heterocycles. The van der Waals surface area contributed by atoms with Gasteiger partial charge in [-0.15, -0.1) is 0 Å². The molecule has 0 aliphatic carbocycles. The minimum absolute atomic E-state index is 0.121. The summed E-state index contributed by atoms with van der Waals surface area (Å²) in [4.78, 5) is 48.6. The Bertz CT molecular complexity index is 938. The fraction of sp³-hybridized carbons (Fsp3) is 0.400. The van der Waals surface area contributed by atoms with Crippen molar-refractivity contribution in [3.63, 3.8) is 0 Å². The third kappa shape index (κ3) is 7.00. The second kappa shape index (κ2) is 10.2. The first-order valence-corrected chi connectivity index (χ1v) is 10.8. The molecule has 168 valence electrons. The Hall–Kier alpha value is -2.53. The van der Waals surface area contributed by atoms with Gasteiger partial charge in [-0.25, -0.2) is 4.79 Å². The molecule has 0 saturated carbocycles. The van der Waals surface area contributed by atoms with Crippen molar-refractivity contribution in [2.75, 3.05) is 19.8 Å². The predicted molar refractivity (Wildman–Crippen MR) is 117 cm³/mol. The topological polar surface area (TPSA) is 119 Å². The molecule has 1 heterocycles. The van der Waals surface area contributed by atoms with Crippen LogP contribution < -0.4 is 9.47 Å². The molecule has 9 nitrogen and oxygen atoms in total. The van der Waals surface area contributed by atoms with Gasteiger partial charge in [0.15, 0.2) is 18.1 Å². The van der Waals surface area contributed by atoms with E-state index in [4.69, 9.17) is 19.3 Å². The van der Waals surface area contributed by atoms with Crippen molar-refractivity contribution in [1.29, 1.82) is 0 Å². The lowest BCUT2D eigenvalue weighted by Crippen LogP contribution is -2.37. The molecule has 1 aliphatic heterocycles. The molecule has 0 bridgehead atoms. The monoisotopic (exact) mass is 515 g/mol. The maximum absolute atomic E-state index is 12.7. The van der Waals surface area contributed by atoms with E-state index in [0.717, 1.165) is 4.90 Å². The predicted octanol–water partition coefficient (Wildman–Crippen LogP) is 3.69. The molecule has 0 atom stereocenters. The number of hydrogen-bond donors (Lipinski definition) is 1. The van der Waals surface area contributed by atoms with Gasteiger partial charge in [0.2, 0.25) is 0 Å². The molecule has 1 aromatic rings. The summed E-state index contributed by atoms with van der Waals surface area (Å²) in [7, 11) is 0. The number of carbonyl (C=O) groups excluding carboxylic acids is 3. The lowest BCUT2D eigenvalue weighted by molar-refractivity contribution is -0.156. The van der Waals surface area contributed by atoms with Crippen LogP contribution in [0.4, 0.5) is 4.79 Å². The average Bonchev–Trinajstić information content (AvgIpc) is 2.89. The highest BCUT2D eigenvalue weighted by molar-refractivity contribution is 9.10. The fourth-order valence-corrected chi connectivity index (χ4v) is 3.73. The zero-order valence-corrected chi connectivity index (χ0v) is 19.8. The zero-order chi connectivity index (χ0) is 23.3. The summed E-state index contributed by atoms with van der Waals surface area (Å²) in [5.74, 6) is -1.94. The Kier molecular flexibility index (Phi) is 8.13. The van der Waals surface area contributed by atoms with Crippen LogP contribution in [0.15, 0.2) is 21.5 Å². The maximum atomic E-state index is 12.7. The van der Waals surface area contributed by atoms with E-state index in [1.807, 2.05) is 0 Å². The van der Waals surface area contributed by atoms with Crippen LogP contribution in [0.1, 0.15) is 33.3 Å². The number of amides is 2. The lowest BCUT2D eigenvalue weighted by Gasteiger charge is -2.21. The Morgan fingerprint density at radius 1 is 1.19 bits per heavy atom. The van der Waals surface area contributed by atoms with Crippen molar-refractivity contribution >= 4 is 56.9 Å². The standard InChI is InChI=1S/C20H22BrNO8S/c1-5-28-13-6-11(12(21)8-14(13)29-10-16(23)24)7-15-18(26)22(19(27)31-15)9-17(25)30-20(2,3)4/h6-8H,5,9-10H2,1-4H3,(H,23,24). The van der Waals surface area contributed by atoms with Gasteiger partial charge < -0.3 is 19.3 Å². The number of carboxylic acid groups (broad SMARTS) is 1. The summed E-state index contributed by atoms with van der Waals surface area (Å²) in [6.45, 7) is 6.10. The molecule has 0 unspecified atom stereocenters. The zero-order valence-electron chi connectivity index (χ0n) is 17.4. The van der Waals surface area contributed by atoms with E-state index in [9.17, 15) is 19.2 Å². The molecule has 2 amide bonds. The molecule has 0 radical (unpaired) electrons. The van der Waals surface area contributed by atoms with Crippen LogP contribution in [-0.4, -0.2) is 58.5 Å². The SMILES string of the molecule is CCOc1cc(C=C2SC(=O)N(CC(=O)OC(C)(C)C)C2=O)c(Br)cc1OCC(=O)O. The second-order valence-electron chi connectivity index (χ2n) is 7.29. The normalized spacial score (nSPS) is 15.4. The highest BCUT2D eigenvalue weighted by Gasteiger charge is 2.37. The average molecular weight is 516 g/mol. The minimum atomic E-state index is -1.14. The number of hydrogen-bond acceptors (Lipinski definition) is 8. The third-order valence-electron chi connectivity index (χ3n) is 3.58. The van der Waals surface area contributed by atoms with Gasteiger partial charge in [-0.3, -0.25) is 19.3 Å². The summed E-state index contributed by atoms with van der Waals surface area (Å²) in [5, 5.41) is 8.24. The van der Waals surface area contributed by atoms with E-state index in [-0.39, 0.29) is 16.4 Å². The first kappa shape index (κ1) is 24.7. The van der Waals surface area contributed by atoms with Gasteiger partial charge in [-0.2, -0.15) is 0 Å². The quantitative estimate of drug-likeness (QED) is 0.408. The highest BCUT2D eigenvalue weighted by atomic mass is 79.9. The molecular formula is C20H22BrNO8S. The number of thioether (sulfide) groups is 1. The summed E-state index contributed by atoms with van der Waals surface area (Å²) >= 11 is 4.05. The summed E-state index contributed by atoms with van der Waals surface area (Å²) < 4.78 is 16.4. The molecule has 2 rings (SSSR count). The largest absolute Gasteiger partial charge is 0.490 e. The van der Waals surface area contributed by atoms with Gasteiger partial charge in [-0.1, -0.05) is 15.9 Å². The molecule has 1 N–H and O–H groups in total. The van der Waals surface area contributed by atoms with Gasteiger partial charge in [0.05, 0.1) is 11.5 Å². The summed E-state index contributed by atoms with van der Waals surface area (Å²) in [5.41, 5.74) is -0.228. The van der Waals surface area contributed by atoms with Crippen molar-refractivity contribution in [2.24, 2.45) is 0 Å². The van der Waals surface area contributed by atoms with Gasteiger partial charge >= 0.3 is 11.9 Å². The molecule has 1 fully saturated rings. The Morgan fingerprint density at radius 3 is 2.42 bits per heavy atom. The first-order valence-electron chi connectivity index (χ1n) is 9.19. The second-order valence-corrected chi connectivity index (χ2v) is 9.14. The van der Waals surface area contributed by atoms with E-state index in [0.29, 0.717) is 28.4 Å². The van der Waals surface area contributed by atoms with Gasteiger partial charge in [-0.05, 0) is 63.2 Å². The van der Waals surface area contributed by atoms with E-state index >= 15 is 0 Å². The Morgan fingerprint density at radius 2 is 1.84 bits per heavy atom. The van der Waals surface area contributed by atoms with Crippen molar-refractivity contribution < 1.29 is 38.5 Å². The van der Waals surface area contributed by atoms with Crippen molar-refractivity contribution in [3.05, 3.63) is 27.1 Å². The number of esters is 1. The maximum Gasteiger partial charge on any atom is 0.341 e. The van der Waals surface area contributed by atoms with Crippen LogP contribution in [0.2, 0.25) is 0 Å². The number of halogens is 1. The molecule has 1 aliphatic rings. The summed E-state index contributed by atoms with van der Waals surface area (Å²) in [6, 6.07) is 3.08. The van der Waals surface area contributed by atoms with Crippen LogP contribution in [0.5, 0.6) is 11.5 Å². The number of ether oxygens (including phenoxy) is 3. The lowest BCUT2D eigenvalue weighted by atomic mass is 10.1. The van der Waals surface area contributed by atoms with Crippen LogP contribution in [0.25, 0.3) is 6.08 Å². The van der Waals surface area contributed by atoms with Crippen LogP contribution >= 0.6 is 27.7 Å². The molecule has 1 aromatic carbocycles.